The summed E-state index contributed by atoms with van der Waals surface area (Å²) in [5.74, 6) is -9.47. The second-order valence-electron chi connectivity index (χ2n) is 12.0. The molecule has 4 rings (SSSR count). The van der Waals surface area contributed by atoms with Gasteiger partial charge in [-0.2, -0.15) is 14.0 Å². The van der Waals surface area contributed by atoms with Crippen LogP contribution >= 0.6 is 0 Å². The highest BCUT2D eigenvalue weighted by molar-refractivity contribution is 5.98. The number of morpholine rings is 1. The quantitative estimate of drug-likeness (QED) is 0.329. The van der Waals surface area contributed by atoms with Crippen LogP contribution in [0.5, 0.6) is 0 Å². The second-order valence-corrected chi connectivity index (χ2v) is 12.0. The number of benzene rings is 2. The lowest BCUT2D eigenvalue weighted by molar-refractivity contribution is -0.149. The smallest absolute Gasteiger partial charge is 0.349 e. The molecule has 0 spiro atoms. The molecule has 2 aromatic rings. The summed E-state index contributed by atoms with van der Waals surface area (Å²) < 4.78 is 51.5. The van der Waals surface area contributed by atoms with Crippen LogP contribution in [0.3, 0.4) is 0 Å². The van der Waals surface area contributed by atoms with E-state index in [1.807, 2.05) is 0 Å². The number of rotatable bonds is 11. The monoisotopic (exact) mass is 655 g/mol. The first-order valence-corrected chi connectivity index (χ1v) is 15.9. The minimum absolute atomic E-state index is 0.0495. The Balaban J connectivity index is 1.57. The third kappa shape index (κ3) is 8.68. The Labute approximate surface area is 272 Å². The number of hydrogen-bond donors (Lipinski definition) is 3. The highest BCUT2D eigenvalue weighted by Crippen LogP contribution is 2.32. The van der Waals surface area contributed by atoms with E-state index in [0.29, 0.717) is 39.1 Å². The van der Waals surface area contributed by atoms with Gasteiger partial charge in [0.05, 0.1) is 36.5 Å². The fourth-order valence-corrected chi connectivity index (χ4v) is 6.11. The predicted molar refractivity (Wildman–Crippen MR) is 167 cm³/mol. The van der Waals surface area contributed by atoms with Gasteiger partial charge in [0.1, 0.15) is 11.9 Å². The van der Waals surface area contributed by atoms with Crippen molar-refractivity contribution in [3.05, 3.63) is 65.0 Å². The molecule has 3 atom stereocenters. The lowest BCUT2D eigenvalue weighted by Gasteiger charge is -2.33. The van der Waals surface area contributed by atoms with Crippen molar-refractivity contribution in [2.75, 3.05) is 31.6 Å². The van der Waals surface area contributed by atoms with E-state index < -0.39 is 53.0 Å². The fourth-order valence-electron chi connectivity index (χ4n) is 6.11. The number of carbonyl (C=O) groups excluding carboxylic acids is 4. The molecule has 2 aliphatic rings. The van der Waals surface area contributed by atoms with Crippen LogP contribution in [0.1, 0.15) is 75.0 Å². The summed E-state index contributed by atoms with van der Waals surface area (Å²) in [6, 6.07) is 8.07. The summed E-state index contributed by atoms with van der Waals surface area (Å²) in [5.41, 5.74) is -0.724. The topological polar surface area (TPSA) is 141 Å². The van der Waals surface area contributed by atoms with Gasteiger partial charge in [0, 0.05) is 31.1 Å². The zero-order valence-corrected chi connectivity index (χ0v) is 26.5. The van der Waals surface area contributed by atoms with Crippen LogP contribution in [0.2, 0.25) is 0 Å². The van der Waals surface area contributed by atoms with Gasteiger partial charge < -0.3 is 25.6 Å². The van der Waals surface area contributed by atoms with Crippen molar-refractivity contribution in [2.45, 2.75) is 76.3 Å². The third-order valence-electron chi connectivity index (χ3n) is 8.74. The van der Waals surface area contributed by atoms with Crippen molar-refractivity contribution in [3.8, 4) is 6.07 Å². The Kier molecular flexibility index (Phi) is 12.0. The normalized spacial score (nSPS) is 17.5. The molecule has 13 heteroatoms. The van der Waals surface area contributed by atoms with Crippen LogP contribution in [-0.4, -0.2) is 66.9 Å². The zero-order valence-electron chi connectivity index (χ0n) is 26.5. The molecule has 1 aliphatic heterocycles. The van der Waals surface area contributed by atoms with E-state index in [9.17, 15) is 19.2 Å². The minimum Gasteiger partial charge on any atom is -0.378 e. The molecule has 10 nitrogen and oxygen atoms in total. The van der Waals surface area contributed by atoms with E-state index in [1.54, 1.807) is 24.8 Å². The number of nitrogens with zero attached hydrogens (tertiary/aromatic N) is 2. The molecule has 2 fully saturated rings. The maximum Gasteiger partial charge on any atom is 0.349 e. The highest BCUT2D eigenvalue weighted by atomic mass is 19.3. The first kappa shape index (κ1) is 35.4. The Morgan fingerprint density at radius 3 is 2.38 bits per heavy atom. The second kappa shape index (κ2) is 15.9. The summed E-state index contributed by atoms with van der Waals surface area (Å²) in [6.07, 6.45) is 3.56. The van der Waals surface area contributed by atoms with Crippen molar-refractivity contribution >= 4 is 29.3 Å². The van der Waals surface area contributed by atoms with Crippen molar-refractivity contribution in [2.24, 2.45) is 5.92 Å². The van der Waals surface area contributed by atoms with E-state index in [2.05, 4.69) is 16.0 Å². The molecular formula is C34H40F3N5O5. The molecule has 3 N–H and O–H groups in total. The molecule has 1 saturated heterocycles. The first-order valence-electron chi connectivity index (χ1n) is 15.9. The number of amides is 4. The standard InChI is InChI=1S/C34H40F3N5O5/c1-3-28(43)39-21(2)29(32(45)42-14-16-47-17-15-42)24-12-13-27(26(35)19-24)40-31(44)30(23-9-5-4-6-10-23)41-33(46)34(36,37)25-11-7-8-22(18-25)20-38/h7-8,11-13,18-19,21,23,29-30H,3-6,9-10,14-17H2,1-2H3,(H,39,43)(H,40,44)(H,41,46)/t21-,29-,30+/m1/s1. The van der Waals surface area contributed by atoms with Crippen molar-refractivity contribution < 1.29 is 37.1 Å². The van der Waals surface area contributed by atoms with Crippen molar-refractivity contribution in [1.82, 2.24) is 15.5 Å². The van der Waals surface area contributed by atoms with Crippen LogP contribution in [-0.2, 0) is 29.8 Å². The average molecular weight is 656 g/mol. The first-order chi connectivity index (χ1) is 22.5. The average Bonchev–Trinajstić information content (AvgIpc) is 3.08. The summed E-state index contributed by atoms with van der Waals surface area (Å²) >= 11 is 0. The maximum atomic E-state index is 15.6. The molecule has 252 valence electrons. The van der Waals surface area contributed by atoms with Gasteiger partial charge in [-0.05, 0) is 55.5 Å². The van der Waals surface area contributed by atoms with Crippen LogP contribution in [0.25, 0.3) is 0 Å². The molecule has 0 radical (unpaired) electrons. The Bertz CT molecular complexity index is 1500. The SMILES string of the molecule is CCC(=O)N[C@H](C)[C@@H](C(=O)N1CCOCC1)c1ccc(NC(=O)[C@@H](NC(=O)C(F)(F)c2cccc(C#N)c2)C2CCCCC2)c(F)c1. The summed E-state index contributed by atoms with van der Waals surface area (Å²) in [6.45, 7) is 4.73. The minimum atomic E-state index is -4.04. The predicted octanol–water partition coefficient (Wildman–Crippen LogP) is 4.35. The van der Waals surface area contributed by atoms with E-state index >= 15 is 13.2 Å². The summed E-state index contributed by atoms with van der Waals surface area (Å²) in [4.78, 5) is 53.9. The van der Waals surface area contributed by atoms with Gasteiger partial charge in [-0.3, -0.25) is 19.2 Å². The zero-order chi connectivity index (χ0) is 34.1. The number of ether oxygens (including phenoxy) is 1. The fraction of sp³-hybridized carbons (Fsp3) is 0.500. The number of nitriles is 1. The molecule has 1 aliphatic carbocycles. The summed E-state index contributed by atoms with van der Waals surface area (Å²) in [5, 5.41) is 16.6. The third-order valence-corrected chi connectivity index (χ3v) is 8.74. The number of alkyl halides is 2. The number of hydrogen-bond acceptors (Lipinski definition) is 6. The van der Waals surface area contributed by atoms with Gasteiger partial charge in [-0.15, -0.1) is 0 Å². The molecule has 4 amide bonds. The van der Waals surface area contributed by atoms with Gasteiger partial charge in [0.15, 0.2) is 0 Å². The van der Waals surface area contributed by atoms with Gasteiger partial charge in [-0.1, -0.05) is 44.4 Å². The lowest BCUT2D eigenvalue weighted by Crippen LogP contribution is -2.53. The molecule has 47 heavy (non-hydrogen) atoms. The maximum absolute atomic E-state index is 15.6. The highest BCUT2D eigenvalue weighted by Gasteiger charge is 2.44. The number of halogens is 3. The molecular weight excluding hydrogens is 615 g/mol. The van der Waals surface area contributed by atoms with Crippen LogP contribution < -0.4 is 16.0 Å². The van der Waals surface area contributed by atoms with E-state index in [4.69, 9.17) is 10.00 Å². The van der Waals surface area contributed by atoms with Gasteiger partial charge >= 0.3 is 5.92 Å². The molecule has 0 unspecified atom stereocenters. The molecule has 0 bridgehead atoms. The molecule has 0 aromatic heterocycles. The van der Waals surface area contributed by atoms with E-state index in [-0.39, 0.29) is 35.0 Å². The van der Waals surface area contributed by atoms with Crippen molar-refractivity contribution in [1.29, 1.82) is 5.26 Å². The Morgan fingerprint density at radius 2 is 1.74 bits per heavy atom. The lowest BCUT2D eigenvalue weighted by atomic mass is 9.83. The van der Waals surface area contributed by atoms with Crippen LogP contribution in [0.4, 0.5) is 18.9 Å². The number of carbonyl (C=O) groups is 4. The van der Waals surface area contributed by atoms with Crippen LogP contribution in [0.15, 0.2) is 42.5 Å². The molecule has 2 aromatic carbocycles. The Hall–Kier alpha value is -4.44. The number of nitrogens with one attached hydrogen (secondary N) is 3. The molecule has 1 heterocycles. The van der Waals surface area contributed by atoms with Gasteiger partial charge in [0.25, 0.3) is 5.91 Å². The molecule has 1 saturated carbocycles. The largest absolute Gasteiger partial charge is 0.378 e. The Morgan fingerprint density at radius 1 is 1.04 bits per heavy atom. The summed E-state index contributed by atoms with van der Waals surface area (Å²) in [7, 11) is 0. The van der Waals surface area contributed by atoms with Gasteiger partial charge in [-0.25, -0.2) is 4.39 Å². The van der Waals surface area contributed by atoms with Gasteiger partial charge in [0.2, 0.25) is 17.7 Å². The van der Waals surface area contributed by atoms with Crippen LogP contribution in [0, 0.1) is 23.1 Å². The van der Waals surface area contributed by atoms with E-state index in [0.717, 1.165) is 37.5 Å². The van der Waals surface area contributed by atoms with Crippen molar-refractivity contribution in [3.63, 3.8) is 0 Å². The number of anilines is 1. The van der Waals surface area contributed by atoms with E-state index in [1.165, 1.54) is 24.3 Å².